The van der Waals surface area contributed by atoms with Crippen molar-refractivity contribution in [2.45, 2.75) is 46.1 Å². The minimum absolute atomic E-state index is 0.0355. The summed E-state index contributed by atoms with van der Waals surface area (Å²) in [6.07, 6.45) is 2.72. The number of likely N-dealkylation sites (tertiary alicyclic amines) is 1. The summed E-state index contributed by atoms with van der Waals surface area (Å²) in [7, 11) is 0. The van der Waals surface area contributed by atoms with Gasteiger partial charge in [0, 0.05) is 12.5 Å². The van der Waals surface area contributed by atoms with Crippen LogP contribution in [0.1, 0.15) is 40.0 Å². The maximum atomic E-state index is 12.0. The van der Waals surface area contributed by atoms with Gasteiger partial charge in [0.15, 0.2) is 0 Å². The molecule has 1 saturated heterocycles. The van der Waals surface area contributed by atoms with E-state index in [9.17, 15) is 9.59 Å². The summed E-state index contributed by atoms with van der Waals surface area (Å²) in [5.74, 6) is 0.114. The van der Waals surface area contributed by atoms with E-state index in [1.807, 2.05) is 13.8 Å². The van der Waals surface area contributed by atoms with Crippen molar-refractivity contribution in [3.63, 3.8) is 0 Å². The minimum atomic E-state index is -0.420. The van der Waals surface area contributed by atoms with Crippen molar-refractivity contribution in [3.8, 4) is 0 Å². The number of hydrogen-bond acceptors (Lipinski definition) is 2. The molecule has 0 aromatic carbocycles. The maximum Gasteiger partial charge on any atom is 0.240 e. The Balaban J connectivity index is 2.76. The van der Waals surface area contributed by atoms with Crippen LogP contribution in [0, 0.1) is 11.8 Å². The first kappa shape index (κ1) is 13.0. The van der Waals surface area contributed by atoms with Gasteiger partial charge in [-0.1, -0.05) is 27.2 Å². The normalized spacial score (nSPS) is 27.2. The summed E-state index contributed by atoms with van der Waals surface area (Å²) in [6.45, 7) is 6.65. The van der Waals surface area contributed by atoms with Crippen molar-refractivity contribution in [1.29, 1.82) is 0 Å². The third-order valence-electron chi connectivity index (χ3n) is 3.56. The lowest BCUT2D eigenvalue weighted by atomic mass is 9.93. The Morgan fingerprint density at radius 2 is 2.19 bits per heavy atom. The van der Waals surface area contributed by atoms with Crippen molar-refractivity contribution in [2.75, 3.05) is 6.54 Å². The van der Waals surface area contributed by atoms with Crippen LogP contribution in [-0.2, 0) is 9.59 Å². The maximum absolute atomic E-state index is 12.0. The molecule has 0 aromatic rings. The van der Waals surface area contributed by atoms with Gasteiger partial charge in [-0.15, -0.1) is 0 Å². The minimum Gasteiger partial charge on any atom is -0.368 e. The second-order valence-corrected chi connectivity index (χ2v) is 4.65. The zero-order valence-corrected chi connectivity index (χ0v) is 10.4. The number of carbonyl (C=O) groups is 2. The van der Waals surface area contributed by atoms with Crippen molar-refractivity contribution in [1.82, 2.24) is 4.90 Å². The molecule has 16 heavy (non-hydrogen) atoms. The van der Waals surface area contributed by atoms with Crippen LogP contribution in [0.15, 0.2) is 0 Å². The van der Waals surface area contributed by atoms with Crippen molar-refractivity contribution in [3.05, 3.63) is 0 Å². The average molecular weight is 226 g/mol. The Kier molecular flexibility index (Phi) is 4.33. The van der Waals surface area contributed by atoms with Gasteiger partial charge in [-0.25, -0.2) is 0 Å². The lowest BCUT2D eigenvalue weighted by Crippen LogP contribution is -2.45. The van der Waals surface area contributed by atoms with Crippen LogP contribution in [0.25, 0.3) is 0 Å². The van der Waals surface area contributed by atoms with Crippen LogP contribution in [0.2, 0.25) is 0 Å². The van der Waals surface area contributed by atoms with Gasteiger partial charge in [-0.3, -0.25) is 9.59 Å². The topological polar surface area (TPSA) is 63.4 Å². The highest BCUT2D eigenvalue weighted by Crippen LogP contribution is 2.30. The van der Waals surface area contributed by atoms with Gasteiger partial charge in [-0.05, 0) is 18.8 Å². The third kappa shape index (κ3) is 2.36. The quantitative estimate of drug-likeness (QED) is 0.764. The number of primary amides is 1. The van der Waals surface area contributed by atoms with Gasteiger partial charge in [0.1, 0.15) is 6.04 Å². The molecule has 0 spiro atoms. The molecule has 1 heterocycles. The summed E-state index contributed by atoms with van der Waals surface area (Å²) < 4.78 is 0. The predicted molar refractivity (Wildman–Crippen MR) is 62.5 cm³/mol. The van der Waals surface area contributed by atoms with Gasteiger partial charge in [0.2, 0.25) is 11.8 Å². The largest absolute Gasteiger partial charge is 0.368 e. The summed E-state index contributed by atoms with van der Waals surface area (Å²) in [6, 6.07) is -0.420. The fourth-order valence-corrected chi connectivity index (χ4v) is 2.53. The molecule has 1 unspecified atom stereocenters. The standard InChI is InChI=1S/C12H22N2O2/c1-4-6-9-7-14(12(16)8(9)3)10(5-2)11(13)15/h8-10H,4-7H2,1-3H3,(H2,13,15)/t8?,9-,10-/m0/s1. The zero-order chi connectivity index (χ0) is 12.3. The van der Waals surface area contributed by atoms with E-state index in [0.29, 0.717) is 18.9 Å². The van der Waals surface area contributed by atoms with Crippen LogP contribution in [0.5, 0.6) is 0 Å². The molecule has 1 aliphatic heterocycles. The molecule has 4 heteroatoms. The van der Waals surface area contributed by atoms with Crippen molar-refractivity contribution >= 4 is 11.8 Å². The van der Waals surface area contributed by atoms with E-state index < -0.39 is 6.04 Å². The number of hydrogen-bond donors (Lipinski definition) is 1. The number of amides is 2. The molecule has 2 N–H and O–H groups in total. The molecule has 2 amide bonds. The summed E-state index contributed by atoms with van der Waals surface area (Å²) >= 11 is 0. The first-order valence-corrected chi connectivity index (χ1v) is 6.12. The lowest BCUT2D eigenvalue weighted by molar-refractivity contribution is -0.138. The van der Waals surface area contributed by atoms with E-state index in [-0.39, 0.29) is 17.7 Å². The van der Waals surface area contributed by atoms with Gasteiger partial charge < -0.3 is 10.6 Å². The van der Waals surface area contributed by atoms with Crippen LogP contribution < -0.4 is 5.73 Å². The van der Waals surface area contributed by atoms with Gasteiger partial charge in [0.05, 0.1) is 0 Å². The number of nitrogens with zero attached hydrogens (tertiary/aromatic N) is 1. The van der Waals surface area contributed by atoms with Gasteiger partial charge in [0.25, 0.3) is 0 Å². The molecule has 0 saturated carbocycles. The Morgan fingerprint density at radius 3 is 2.62 bits per heavy atom. The highest BCUT2D eigenvalue weighted by Gasteiger charge is 2.40. The van der Waals surface area contributed by atoms with Crippen molar-refractivity contribution in [2.24, 2.45) is 17.6 Å². The van der Waals surface area contributed by atoms with E-state index >= 15 is 0 Å². The fraction of sp³-hybridized carbons (Fsp3) is 0.833. The van der Waals surface area contributed by atoms with E-state index in [1.54, 1.807) is 4.90 Å². The van der Waals surface area contributed by atoms with E-state index in [1.165, 1.54) is 0 Å². The number of rotatable bonds is 5. The molecule has 0 aliphatic carbocycles. The average Bonchev–Trinajstić information content (AvgIpc) is 2.48. The summed E-state index contributed by atoms with van der Waals surface area (Å²) in [5, 5.41) is 0. The molecule has 0 aromatic heterocycles. The summed E-state index contributed by atoms with van der Waals surface area (Å²) in [5.41, 5.74) is 5.32. The molecular formula is C12H22N2O2. The van der Waals surface area contributed by atoms with Crippen LogP contribution in [-0.4, -0.2) is 29.3 Å². The first-order valence-electron chi connectivity index (χ1n) is 6.12. The Hall–Kier alpha value is -1.06. The van der Waals surface area contributed by atoms with Crippen molar-refractivity contribution < 1.29 is 9.59 Å². The predicted octanol–water partition coefficient (Wildman–Crippen LogP) is 1.14. The molecule has 4 nitrogen and oxygen atoms in total. The second-order valence-electron chi connectivity index (χ2n) is 4.65. The number of carbonyl (C=O) groups excluding carboxylic acids is 2. The van der Waals surface area contributed by atoms with Crippen LogP contribution >= 0.6 is 0 Å². The second kappa shape index (κ2) is 5.32. The number of nitrogens with two attached hydrogens (primary N) is 1. The van der Waals surface area contributed by atoms with Crippen LogP contribution in [0.3, 0.4) is 0 Å². The molecule has 1 aliphatic rings. The fourth-order valence-electron chi connectivity index (χ4n) is 2.53. The highest BCUT2D eigenvalue weighted by atomic mass is 16.2. The van der Waals surface area contributed by atoms with Crippen LogP contribution in [0.4, 0.5) is 0 Å². The van der Waals surface area contributed by atoms with Gasteiger partial charge >= 0.3 is 0 Å². The first-order chi connectivity index (χ1) is 7.52. The summed E-state index contributed by atoms with van der Waals surface area (Å²) in [4.78, 5) is 25.0. The SMILES string of the molecule is CCC[C@H]1CN([C@@H](CC)C(N)=O)C(=O)C1C. The smallest absolute Gasteiger partial charge is 0.240 e. The molecule has 1 rings (SSSR count). The lowest BCUT2D eigenvalue weighted by Gasteiger charge is -2.24. The van der Waals surface area contributed by atoms with E-state index in [0.717, 1.165) is 12.8 Å². The highest BCUT2D eigenvalue weighted by molar-refractivity contribution is 5.88. The molecule has 92 valence electrons. The molecular weight excluding hydrogens is 204 g/mol. The molecule has 0 radical (unpaired) electrons. The Bertz CT molecular complexity index is 278. The zero-order valence-electron chi connectivity index (χ0n) is 10.4. The Morgan fingerprint density at radius 1 is 1.56 bits per heavy atom. The monoisotopic (exact) mass is 226 g/mol. The third-order valence-corrected chi connectivity index (χ3v) is 3.56. The molecule has 3 atom stereocenters. The molecule has 0 bridgehead atoms. The Labute approximate surface area is 97.2 Å². The van der Waals surface area contributed by atoms with E-state index in [4.69, 9.17) is 5.73 Å². The van der Waals surface area contributed by atoms with Gasteiger partial charge in [-0.2, -0.15) is 0 Å². The van der Waals surface area contributed by atoms with E-state index in [2.05, 4.69) is 6.92 Å². The molecule has 1 fully saturated rings.